The highest BCUT2D eigenvalue weighted by Crippen LogP contribution is 2.27. The van der Waals surface area contributed by atoms with E-state index in [1.54, 1.807) is 42.5 Å². The zero-order valence-electron chi connectivity index (χ0n) is 15.2. The Morgan fingerprint density at radius 3 is 2.48 bits per heavy atom. The van der Waals surface area contributed by atoms with Crippen LogP contribution in [-0.2, 0) is 0 Å². The average Bonchev–Trinajstić information content (AvgIpc) is 3.30. The number of amides is 1. The standard InChI is InChI=1S/C23H16N2O3S/c26-22(21-11-6-14-29-21)25-24-15-19-18-10-5-4-7-16(18)12-13-20(19)28-23(27)17-8-2-1-3-9-17/h1-15H,(H,25,26). The molecule has 4 aromatic rings. The van der Waals surface area contributed by atoms with Crippen molar-refractivity contribution >= 4 is 40.2 Å². The Hall–Kier alpha value is -3.77. The molecule has 5 nitrogen and oxygen atoms in total. The minimum absolute atomic E-state index is 0.292. The number of hydrogen-bond donors (Lipinski definition) is 1. The van der Waals surface area contributed by atoms with Crippen molar-refractivity contribution in [1.82, 2.24) is 5.43 Å². The molecule has 3 aromatic carbocycles. The smallest absolute Gasteiger partial charge is 0.343 e. The van der Waals surface area contributed by atoms with Gasteiger partial charge in [-0.05, 0) is 40.4 Å². The van der Waals surface area contributed by atoms with E-state index in [0.29, 0.717) is 21.8 Å². The first-order chi connectivity index (χ1) is 14.2. The molecule has 0 spiro atoms. The second-order valence-corrected chi connectivity index (χ2v) is 7.08. The topological polar surface area (TPSA) is 67.8 Å². The molecule has 0 atom stereocenters. The maximum atomic E-state index is 12.5. The SMILES string of the molecule is O=C(Oc1ccc2ccccc2c1C=NNC(=O)c1cccs1)c1ccccc1. The number of carbonyl (C=O) groups is 2. The van der Waals surface area contributed by atoms with Crippen LogP contribution >= 0.6 is 11.3 Å². The minimum atomic E-state index is -0.460. The maximum Gasteiger partial charge on any atom is 0.343 e. The first-order valence-electron chi connectivity index (χ1n) is 8.88. The van der Waals surface area contributed by atoms with Gasteiger partial charge in [0.1, 0.15) is 5.75 Å². The number of esters is 1. The van der Waals surface area contributed by atoms with Crippen molar-refractivity contribution in [3.8, 4) is 5.75 Å². The Morgan fingerprint density at radius 1 is 0.897 bits per heavy atom. The molecule has 0 saturated carbocycles. The molecule has 6 heteroatoms. The summed E-state index contributed by atoms with van der Waals surface area (Å²) >= 11 is 1.33. The molecule has 142 valence electrons. The van der Waals surface area contributed by atoms with Crippen LogP contribution in [-0.4, -0.2) is 18.1 Å². The van der Waals surface area contributed by atoms with Crippen LogP contribution in [0, 0.1) is 0 Å². The third-order valence-electron chi connectivity index (χ3n) is 4.25. The number of ether oxygens (including phenoxy) is 1. The van der Waals surface area contributed by atoms with E-state index in [2.05, 4.69) is 10.5 Å². The first kappa shape index (κ1) is 18.6. The van der Waals surface area contributed by atoms with Crippen molar-refractivity contribution in [2.45, 2.75) is 0 Å². The van der Waals surface area contributed by atoms with Crippen LogP contribution < -0.4 is 10.2 Å². The second-order valence-electron chi connectivity index (χ2n) is 6.13. The van der Waals surface area contributed by atoms with Gasteiger partial charge in [0.15, 0.2) is 0 Å². The van der Waals surface area contributed by atoms with Gasteiger partial charge in [0.25, 0.3) is 5.91 Å². The van der Waals surface area contributed by atoms with E-state index in [9.17, 15) is 9.59 Å². The first-order valence-corrected chi connectivity index (χ1v) is 9.76. The van der Waals surface area contributed by atoms with Crippen molar-refractivity contribution in [3.63, 3.8) is 0 Å². The van der Waals surface area contributed by atoms with E-state index in [-0.39, 0.29) is 5.91 Å². The van der Waals surface area contributed by atoms with E-state index in [0.717, 1.165) is 10.8 Å². The largest absolute Gasteiger partial charge is 0.422 e. The number of benzene rings is 3. The molecule has 29 heavy (non-hydrogen) atoms. The maximum absolute atomic E-state index is 12.5. The summed E-state index contributed by atoms with van der Waals surface area (Å²) in [5.74, 6) is -0.385. The number of fused-ring (bicyclic) bond motifs is 1. The number of nitrogens with zero attached hydrogens (tertiary/aromatic N) is 1. The molecule has 1 heterocycles. The second kappa shape index (κ2) is 8.50. The normalized spacial score (nSPS) is 10.9. The summed E-state index contributed by atoms with van der Waals surface area (Å²) in [7, 11) is 0. The molecule has 1 N–H and O–H groups in total. The fourth-order valence-electron chi connectivity index (χ4n) is 2.85. The molecule has 0 bridgehead atoms. The highest BCUT2D eigenvalue weighted by molar-refractivity contribution is 7.12. The molecule has 0 unspecified atom stereocenters. The number of thiophene rings is 1. The molecule has 0 aliphatic rings. The van der Waals surface area contributed by atoms with Crippen LogP contribution in [0.15, 0.2) is 89.3 Å². The molecular weight excluding hydrogens is 384 g/mol. The lowest BCUT2D eigenvalue weighted by atomic mass is 10.0. The summed E-state index contributed by atoms with van der Waals surface area (Å²) < 4.78 is 5.63. The summed E-state index contributed by atoms with van der Waals surface area (Å²) in [5, 5.41) is 7.73. The molecule has 0 aliphatic carbocycles. The fraction of sp³-hybridized carbons (Fsp3) is 0. The number of hydrazone groups is 1. The van der Waals surface area contributed by atoms with Gasteiger partial charge in [-0.3, -0.25) is 4.79 Å². The molecule has 4 rings (SSSR count). The van der Waals surface area contributed by atoms with Crippen LogP contribution in [0.25, 0.3) is 10.8 Å². The van der Waals surface area contributed by atoms with Crippen LogP contribution in [0.1, 0.15) is 25.6 Å². The summed E-state index contributed by atoms with van der Waals surface area (Å²) in [6.07, 6.45) is 1.50. The third-order valence-corrected chi connectivity index (χ3v) is 5.12. The zero-order chi connectivity index (χ0) is 20.1. The lowest BCUT2D eigenvalue weighted by molar-refractivity contribution is 0.0734. The predicted octanol–water partition coefficient (Wildman–Crippen LogP) is 4.88. The van der Waals surface area contributed by atoms with Crippen LogP contribution in [0.4, 0.5) is 0 Å². The number of hydrogen-bond acceptors (Lipinski definition) is 5. The average molecular weight is 400 g/mol. The van der Waals surface area contributed by atoms with Gasteiger partial charge in [0.2, 0.25) is 0 Å². The van der Waals surface area contributed by atoms with E-state index < -0.39 is 5.97 Å². The highest BCUT2D eigenvalue weighted by Gasteiger charge is 2.13. The molecule has 1 amide bonds. The van der Waals surface area contributed by atoms with Crippen LogP contribution in [0.5, 0.6) is 5.75 Å². The van der Waals surface area contributed by atoms with Gasteiger partial charge in [-0.2, -0.15) is 5.10 Å². The lowest BCUT2D eigenvalue weighted by Gasteiger charge is -2.10. The quantitative estimate of drug-likeness (QED) is 0.225. The summed E-state index contributed by atoms with van der Waals surface area (Å²) in [6.45, 7) is 0. The molecule has 0 radical (unpaired) electrons. The van der Waals surface area contributed by atoms with E-state index in [4.69, 9.17) is 4.74 Å². The van der Waals surface area contributed by atoms with Crippen molar-refractivity contribution in [3.05, 3.63) is 100 Å². The number of rotatable bonds is 5. The van der Waals surface area contributed by atoms with Gasteiger partial charge in [-0.25, -0.2) is 10.2 Å². The van der Waals surface area contributed by atoms with Crippen molar-refractivity contribution in [2.75, 3.05) is 0 Å². The predicted molar refractivity (Wildman–Crippen MR) is 115 cm³/mol. The van der Waals surface area contributed by atoms with Crippen LogP contribution in [0.2, 0.25) is 0 Å². The Morgan fingerprint density at radius 2 is 1.69 bits per heavy atom. The molecular formula is C23H16N2O3S. The third kappa shape index (κ3) is 4.23. The van der Waals surface area contributed by atoms with E-state index >= 15 is 0 Å². The Labute approximate surface area is 171 Å². The summed E-state index contributed by atoms with van der Waals surface area (Å²) in [5.41, 5.74) is 3.57. The molecule has 0 saturated heterocycles. The molecule has 0 aliphatic heterocycles. The molecule has 1 aromatic heterocycles. The van der Waals surface area contributed by atoms with E-state index in [1.807, 2.05) is 41.8 Å². The van der Waals surface area contributed by atoms with Gasteiger partial charge in [-0.15, -0.1) is 11.3 Å². The Balaban J connectivity index is 1.65. The zero-order valence-corrected chi connectivity index (χ0v) is 16.1. The van der Waals surface area contributed by atoms with Crippen molar-refractivity contribution in [2.24, 2.45) is 5.10 Å². The Bertz CT molecular complexity index is 1190. The van der Waals surface area contributed by atoms with Gasteiger partial charge in [-0.1, -0.05) is 54.6 Å². The van der Waals surface area contributed by atoms with Crippen LogP contribution in [0.3, 0.4) is 0 Å². The van der Waals surface area contributed by atoms with Crippen molar-refractivity contribution in [1.29, 1.82) is 0 Å². The lowest BCUT2D eigenvalue weighted by Crippen LogP contribution is -2.16. The monoisotopic (exact) mass is 400 g/mol. The number of carbonyl (C=O) groups excluding carboxylic acids is 2. The summed E-state index contributed by atoms with van der Waals surface area (Å²) in [4.78, 5) is 25.2. The Kier molecular flexibility index (Phi) is 5.45. The fourth-order valence-corrected chi connectivity index (χ4v) is 3.46. The minimum Gasteiger partial charge on any atom is -0.422 e. The van der Waals surface area contributed by atoms with Crippen molar-refractivity contribution < 1.29 is 14.3 Å². The highest BCUT2D eigenvalue weighted by atomic mass is 32.1. The van der Waals surface area contributed by atoms with Gasteiger partial charge in [0, 0.05) is 5.56 Å². The van der Waals surface area contributed by atoms with Gasteiger partial charge >= 0.3 is 5.97 Å². The van der Waals surface area contributed by atoms with Gasteiger partial charge < -0.3 is 4.74 Å². The van der Waals surface area contributed by atoms with Gasteiger partial charge in [0.05, 0.1) is 16.7 Å². The van der Waals surface area contributed by atoms with E-state index in [1.165, 1.54) is 17.6 Å². The summed E-state index contributed by atoms with van der Waals surface area (Å²) in [6, 6.07) is 23.6. The number of nitrogens with one attached hydrogen (secondary N) is 1. The molecule has 0 fully saturated rings.